The van der Waals surface area contributed by atoms with Gasteiger partial charge in [-0.3, -0.25) is 14.6 Å². The summed E-state index contributed by atoms with van der Waals surface area (Å²) in [6.07, 6.45) is 9.31. The van der Waals surface area contributed by atoms with Crippen LogP contribution in [0.1, 0.15) is 37.7 Å². The number of rotatable bonds is 5. The molecule has 2 aliphatic rings. The van der Waals surface area contributed by atoms with Gasteiger partial charge in [0.25, 0.3) is 5.91 Å². The number of carbonyl (C=O) groups excluding carboxylic acids is 2. The minimum atomic E-state index is -1.08. The molecule has 0 radical (unpaired) electrons. The molecule has 0 bridgehead atoms. The molecule has 31 heavy (non-hydrogen) atoms. The monoisotopic (exact) mass is 421 g/mol. The first-order valence-corrected chi connectivity index (χ1v) is 11.3. The number of carbonyl (C=O) groups is 2. The molecule has 4 rings (SSSR count). The Morgan fingerprint density at radius 1 is 1.13 bits per heavy atom. The number of nitrogens with one attached hydrogen (secondary N) is 1. The lowest BCUT2D eigenvalue weighted by Crippen LogP contribution is -2.62. The minimum Gasteiger partial charge on any atom is -0.361 e. The van der Waals surface area contributed by atoms with E-state index in [0.29, 0.717) is 26.1 Å². The van der Waals surface area contributed by atoms with Crippen molar-refractivity contribution in [2.75, 3.05) is 26.7 Å². The fourth-order valence-electron chi connectivity index (χ4n) is 4.87. The molecular formula is C25H31N3O3. The maximum absolute atomic E-state index is 13.2. The van der Waals surface area contributed by atoms with E-state index in [9.17, 15) is 9.59 Å². The van der Waals surface area contributed by atoms with Gasteiger partial charge in [0.1, 0.15) is 0 Å². The lowest BCUT2D eigenvalue weighted by atomic mass is 9.86. The second-order valence-corrected chi connectivity index (χ2v) is 8.63. The van der Waals surface area contributed by atoms with Crippen molar-refractivity contribution in [2.45, 2.75) is 44.1 Å². The third-order valence-corrected chi connectivity index (χ3v) is 6.52. The second kappa shape index (κ2) is 9.60. The quantitative estimate of drug-likeness (QED) is 0.805. The predicted octanol–water partition coefficient (Wildman–Crippen LogP) is 3.22. The topological polar surface area (TPSA) is 71.5 Å². The summed E-state index contributed by atoms with van der Waals surface area (Å²) in [5.74, 6) is 0.0917. The highest BCUT2D eigenvalue weighted by molar-refractivity contribution is 5.87. The van der Waals surface area contributed by atoms with Gasteiger partial charge in [-0.25, -0.2) is 0 Å². The summed E-state index contributed by atoms with van der Waals surface area (Å²) in [5.41, 5.74) is 2.07. The zero-order valence-electron chi connectivity index (χ0n) is 18.2. The van der Waals surface area contributed by atoms with Crippen LogP contribution in [0.15, 0.2) is 48.8 Å². The molecule has 2 heterocycles. The molecule has 1 saturated heterocycles. The Bertz CT molecular complexity index is 911. The average Bonchev–Trinajstić information content (AvgIpc) is 2.84. The first kappa shape index (κ1) is 21.5. The van der Waals surface area contributed by atoms with Gasteiger partial charge in [0.05, 0.1) is 13.2 Å². The van der Waals surface area contributed by atoms with Crippen LogP contribution in [-0.2, 0) is 20.7 Å². The first-order valence-electron chi connectivity index (χ1n) is 11.3. The fourth-order valence-corrected chi connectivity index (χ4v) is 4.87. The van der Waals surface area contributed by atoms with Crippen LogP contribution < -0.4 is 5.32 Å². The van der Waals surface area contributed by atoms with Crippen LogP contribution in [0.4, 0.5) is 0 Å². The van der Waals surface area contributed by atoms with E-state index in [0.717, 1.165) is 42.4 Å². The standard InChI is InChI=1S/C25H31N3O3/c1-26-24(30)25(17-19-6-5-9-22(16-19)20-10-12-27-13-11-20)18-28(14-15-31-25)23(29)21-7-3-2-4-8-21/h5-6,9-13,16,21H,2-4,7-8,14-15,17-18H2,1H3,(H,26,30)/t25-/m0/s1. The van der Waals surface area contributed by atoms with Gasteiger partial charge in [-0.05, 0) is 41.7 Å². The predicted molar refractivity (Wildman–Crippen MR) is 119 cm³/mol. The SMILES string of the molecule is CNC(=O)[C@]1(Cc2cccc(-c3ccncc3)c2)CN(C(=O)C2CCCCC2)CCO1. The van der Waals surface area contributed by atoms with Crippen molar-refractivity contribution in [1.82, 2.24) is 15.2 Å². The molecule has 1 aliphatic heterocycles. The molecule has 1 aromatic heterocycles. The molecule has 1 aliphatic carbocycles. The molecule has 2 amide bonds. The number of benzene rings is 1. The van der Waals surface area contributed by atoms with Crippen molar-refractivity contribution < 1.29 is 14.3 Å². The van der Waals surface area contributed by atoms with Gasteiger partial charge in [0, 0.05) is 38.3 Å². The summed E-state index contributed by atoms with van der Waals surface area (Å²) in [6, 6.07) is 12.1. The molecule has 2 aromatic rings. The van der Waals surface area contributed by atoms with Gasteiger partial charge < -0.3 is 15.0 Å². The van der Waals surface area contributed by atoms with Gasteiger partial charge in [0.2, 0.25) is 5.91 Å². The number of amides is 2. The first-order chi connectivity index (χ1) is 15.1. The van der Waals surface area contributed by atoms with Crippen LogP contribution in [0, 0.1) is 5.92 Å². The highest BCUT2D eigenvalue weighted by Crippen LogP contribution is 2.30. The normalized spacial score (nSPS) is 22.2. The third kappa shape index (κ3) is 4.79. The van der Waals surface area contributed by atoms with E-state index in [1.54, 1.807) is 19.4 Å². The summed E-state index contributed by atoms with van der Waals surface area (Å²) < 4.78 is 6.12. The number of likely N-dealkylation sites (N-methyl/N-ethyl adjacent to an activating group) is 1. The van der Waals surface area contributed by atoms with Crippen molar-refractivity contribution in [3.8, 4) is 11.1 Å². The molecule has 164 valence electrons. The maximum Gasteiger partial charge on any atom is 0.254 e. The molecule has 1 saturated carbocycles. The number of nitrogens with zero attached hydrogens (tertiary/aromatic N) is 2. The molecule has 1 N–H and O–H groups in total. The summed E-state index contributed by atoms with van der Waals surface area (Å²) in [4.78, 5) is 32.1. The van der Waals surface area contributed by atoms with Crippen LogP contribution in [0.25, 0.3) is 11.1 Å². The number of morpholine rings is 1. The van der Waals surface area contributed by atoms with Crippen molar-refractivity contribution in [1.29, 1.82) is 0 Å². The fraction of sp³-hybridized carbons (Fsp3) is 0.480. The van der Waals surface area contributed by atoms with Crippen LogP contribution in [0.5, 0.6) is 0 Å². The maximum atomic E-state index is 13.2. The number of hydrogen-bond acceptors (Lipinski definition) is 4. The number of hydrogen-bond donors (Lipinski definition) is 1. The molecule has 0 unspecified atom stereocenters. The highest BCUT2D eigenvalue weighted by Gasteiger charge is 2.45. The van der Waals surface area contributed by atoms with Gasteiger partial charge in [-0.1, -0.05) is 43.5 Å². The molecule has 2 fully saturated rings. The van der Waals surface area contributed by atoms with Crippen LogP contribution in [0.3, 0.4) is 0 Å². The Balaban J connectivity index is 1.57. The Morgan fingerprint density at radius 2 is 1.90 bits per heavy atom. The zero-order valence-corrected chi connectivity index (χ0v) is 18.2. The van der Waals surface area contributed by atoms with Gasteiger partial charge in [-0.2, -0.15) is 0 Å². The van der Waals surface area contributed by atoms with Crippen molar-refractivity contribution >= 4 is 11.8 Å². The molecule has 6 nitrogen and oxygen atoms in total. The number of pyridine rings is 1. The second-order valence-electron chi connectivity index (χ2n) is 8.63. The van der Waals surface area contributed by atoms with Crippen LogP contribution in [0.2, 0.25) is 0 Å². The van der Waals surface area contributed by atoms with E-state index in [4.69, 9.17) is 4.74 Å². The minimum absolute atomic E-state index is 0.0873. The Labute approximate surface area is 184 Å². The summed E-state index contributed by atoms with van der Waals surface area (Å²) >= 11 is 0. The van der Waals surface area contributed by atoms with E-state index in [2.05, 4.69) is 16.4 Å². The van der Waals surface area contributed by atoms with Gasteiger partial charge in [0.15, 0.2) is 5.60 Å². The molecule has 1 atom stereocenters. The van der Waals surface area contributed by atoms with E-state index >= 15 is 0 Å². The molecule has 1 aromatic carbocycles. The average molecular weight is 422 g/mol. The van der Waals surface area contributed by atoms with Gasteiger partial charge in [-0.15, -0.1) is 0 Å². The van der Waals surface area contributed by atoms with Crippen LogP contribution >= 0.6 is 0 Å². The smallest absolute Gasteiger partial charge is 0.254 e. The zero-order chi connectivity index (χ0) is 21.7. The summed E-state index contributed by atoms with van der Waals surface area (Å²) in [6.45, 7) is 1.21. The Hall–Kier alpha value is -2.73. The number of ether oxygens (including phenoxy) is 1. The summed E-state index contributed by atoms with van der Waals surface area (Å²) in [7, 11) is 1.63. The van der Waals surface area contributed by atoms with E-state index < -0.39 is 5.60 Å². The number of aromatic nitrogens is 1. The third-order valence-electron chi connectivity index (χ3n) is 6.52. The Kier molecular flexibility index (Phi) is 6.66. The summed E-state index contributed by atoms with van der Waals surface area (Å²) in [5, 5.41) is 2.77. The van der Waals surface area contributed by atoms with Crippen molar-refractivity contribution in [2.24, 2.45) is 5.92 Å². The van der Waals surface area contributed by atoms with Crippen molar-refractivity contribution in [3.05, 3.63) is 54.4 Å². The van der Waals surface area contributed by atoms with Gasteiger partial charge >= 0.3 is 0 Å². The largest absolute Gasteiger partial charge is 0.361 e. The lowest BCUT2D eigenvalue weighted by Gasteiger charge is -2.42. The van der Waals surface area contributed by atoms with E-state index in [1.807, 2.05) is 35.2 Å². The lowest BCUT2D eigenvalue weighted by molar-refractivity contribution is -0.167. The molecule has 0 spiro atoms. The van der Waals surface area contributed by atoms with E-state index in [-0.39, 0.29) is 17.7 Å². The molecule has 6 heteroatoms. The Morgan fingerprint density at radius 3 is 2.65 bits per heavy atom. The van der Waals surface area contributed by atoms with Crippen molar-refractivity contribution in [3.63, 3.8) is 0 Å². The highest BCUT2D eigenvalue weighted by atomic mass is 16.5. The van der Waals surface area contributed by atoms with E-state index in [1.165, 1.54) is 6.42 Å². The van der Waals surface area contributed by atoms with Crippen LogP contribution in [-0.4, -0.2) is 54.0 Å². The molecular weight excluding hydrogens is 390 g/mol.